The van der Waals surface area contributed by atoms with Gasteiger partial charge in [-0.1, -0.05) is 27.5 Å². The van der Waals surface area contributed by atoms with Crippen molar-refractivity contribution < 1.29 is 19.1 Å². The van der Waals surface area contributed by atoms with E-state index in [0.29, 0.717) is 42.4 Å². The first kappa shape index (κ1) is 26.3. The number of hydrogen-bond acceptors (Lipinski definition) is 5. The highest BCUT2D eigenvalue weighted by atomic mass is 79.9. The normalized spacial score (nSPS) is 10.8. The minimum atomic E-state index is -0.597. The van der Waals surface area contributed by atoms with Gasteiger partial charge >= 0.3 is 0 Å². The van der Waals surface area contributed by atoms with Crippen LogP contribution in [0.25, 0.3) is 6.08 Å². The number of halogens is 3. The van der Waals surface area contributed by atoms with Crippen molar-refractivity contribution in [1.82, 2.24) is 0 Å². The molecule has 0 heterocycles. The molecule has 0 aliphatic rings. The second-order valence-corrected chi connectivity index (χ2v) is 9.21. The molecule has 0 saturated heterocycles. The monoisotopic (exact) mass is 617 g/mol. The van der Waals surface area contributed by atoms with E-state index in [0.717, 1.165) is 0 Å². The molecule has 0 aliphatic heterocycles. The van der Waals surface area contributed by atoms with Gasteiger partial charge in [-0.05, 0) is 82.7 Å². The highest BCUT2D eigenvalue weighted by molar-refractivity contribution is 9.11. The van der Waals surface area contributed by atoms with Gasteiger partial charge in [-0.25, -0.2) is 0 Å². The van der Waals surface area contributed by atoms with Gasteiger partial charge in [0.1, 0.15) is 23.1 Å². The number of hydrogen-bond donors (Lipinski definition) is 2. The molecule has 0 bridgehead atoms. The van der Waals surface area contributed by atoms with Crippen molar-refractivity contribution in [2.24, 2.45) is 0 Å². The Balaban J connectivity index is 1.78. The maximum absolute atomic E-state index is 12.7. The molecule has 35 heavy (non-hydrogen) atoms. The molecule has 0 fully saturated rings. The highest BCUT2D eigenvalue weighted by Gasteiger charge is 2.15. The first-order valence-corrected chi connectivity index (χ1v) is 12.0. The van der Waals surface area contributed by atoms with Crippen LogP contribution in [0.15, 0.2) is 75.2 Å². The average molecular weight is 620 g/mol. The number of methoxy groups -OCH3 is 1. The molecule has 3 aromatic carbocycles. The molecule has 2 N–H and O–H groups in total. The standard InChI is InChI=1S/C25H18Br2ClN3O4/c1-34-21-8-6-20(7-9-21)31-25(33)16(13-29)10-15-11-17(26)12-22(27)24(15)35-14-23(32)30-19-4-2-18(28)3-5-19/h2-12H,14H2,1H3,(H,30,32)(H,31,33)/b16-10-. The molecule has 3 aromatic rings. The van der Waals surface area contributed by atoms with Crippen molar-refractivity contribution in [3.05, 3.63) is 85.8 Å². The summed E-state index contributed by atoms with van der Waals surface area (Å²) in [6.45, 7) is -0.302. The lowest BCUT2D eigenvalue weighted by Crippen LogP contribution is -2.20. The van der Waals surface area contributed by atoms with Gasteiger partial charge in [0, 0.05) is 26.4 Å². The second-order valence-electron chi connectivity index (χ2n) is 7.00. The number of nitriles is 1. The Kier molecular flexibility index (Phi) is 9.32. The van der Waals surface area contributed by atoms with Crippen molar-refractivity contribution in [1.29, 1.82) is 5.26 Å². The lowest BCUT2D eigenvalue weighted by Gasteiger charge is -2.13. The van der Waals surface area contributed by atoms with Crippen molar-refractivity contribution in [3.63, 3.8) is 0 Å². The summed E-state index contributed by atoms with van der Waals surface area (Å²) in [6, 6.07) is 18.7. The van der Waals surface area contributed by atoms with E-state index in [2.05, 4.69) is 42.5 Å². The van der Waals surface area contributed by atoms with Gasteiger partial charge in [0.25, 0.3) is 11.8 Å². The largest absolute Gasteiger partial charge is 0.497 e. The van der Waals surface area contributed by atoms with Crippen molar-refractivity contribution in [3.8, 4) is 17.6 Å². The maximum Gasteiger partial charge on any atom is 0.266 e. The van der Waals surface area contributed by atoms with Crippen LogP contribution in [0.3, 0.4) is 0 Å². The van der Waals surface area contributed by atoms with Crippen LogP contribution in [0.5, 0.6) is 11.5 Å². The molecule has 178 valence electrons. The SMILES string of the molecule is COc1ccc(NC(=O)/C(C#N)=C\c2cc(Br)cc(Br)c2OCC(=O)Nc2ccc(Cl)cc2)cc1. The Hall–Kier alpha value is -3.32. The zero-order valence-electron chi connectivity index (χ0n) is 18.3. The molecule has 0 aliphatic carbocycles. The molecule has 10 heteroatoms. The van der Waals surface area contributed by atoms with Gasteiger partial charge in [-0.15, -0.1) is 0 Å². The summed E-state index contributed by atoms with van der Waals surface area (Å²) in [5, 5.41) is 15.5. The van der Waals surface area contributed by atoms with E-state index in [9.17, 15) is 14.9 Å². The van der Waals surface area contributed by atoms with Gasteiger partial charge in [0.05, 0.1) is 11.6 Å². The Morgan fingerprint density at radius 1 is 1.03 bits per heavy atom. The summed E-state index contributed by atoms with van der Waals surface area (Å²) in [4.78, 5) is 25.1. The number of benzene rings is 3. The van der Waals surface area contributed by atoms with E-state index in [-0.39, 0.29) is 12.2 Å². The number of amides is 2. The summed E-state index contributed by atoms with van der Waals surface area (Å²) in [7, 11) is 1.54. The Morgan fingerprint density at radius 3 is 2.29 bits per heavy atom. The van der Waals surface area contributed by atoms with Crippen molar-refractivity contribution in [2.75, 3.05) is 24.4 Å². The second kappa shape index (κ2) is 12.4. The number of anilines is 2. The Bertz CT molecular complexity index is 1300. The maximum atomic E-state index is 12.7. The Morgan fingerprint density at radius 2 is 1.66 bits per heavy atom. The minimum absolute atomic E-state index is 0.152. The number of ether oxygens (including phenoxy) is 2. The quantitative estimate of drug-likeness (QED) is 0.223. The van der Waals surface area contributed by atoms with Crippen LogP contribution >= 0.6 is 43.5 Å². The molecule has 0 saturated carbocycles. The summed E-state index contributed by atoms with van der Waals surface area (Å²) in [5.41, 5.74) is 1.34. The molecule has 0 spiro atoms. The first-order chi connectivity index (χ1) is 16.8. The zero-order valence-corrected chi connectivity index (χ0v) is 22.2. The summed E-state index contributed by atoms with van der Waals surface area (Å²) >= 11 is 12.7. The molecule has 0 unspecified atom stereocenters. The van der Waals surface area contributed by atoms with E-state index in [4.69, 9.17) is 21.1 Å². The van der Waals surface area contributed by atoms with E-state index >= 15 is 0 Å². The minimum Gasteiger partial charge on any atom is -0.497 e. The molecule has 0 radical (unpaired) electrons. The van der Waals surface area contributed by atoms with Crippen molar-refractivity contribution in [2.45, 2.75) is 0 Å². The van der Waals surface area contributed by atoms with Crippen LogP contribution in [0.1, 0.15) is 5.56 Å². The van der Waals surface area contributed by atoms with E-state index in [1.165, 1.54) is 6.08 Å². The number of carbonyl (C=O) groups is 2. The fourth-order valence-electron chi connectivity index (χ4n) is 2.88. The summed E-state index contributed by atoms with van der Waals surface area (Å²) in [6.07, 6.45) is 1.39. The molecular formula is C25H18Br2ClN3O4. The summed E-state index contributed by atoms with van der Waals surface area (Å²) in [5.74, 6) is -0.0561. The van der Waals surface area contributed by atoms with Crippen LogP contribution < -0.4 is 20.1 Å². The average Bonchev–Trinajstić information content (AvgIpc) is 2.83. The third kappa shape index (κ3) is 7.59. The van der Waals surface area contributed by atoms with Gasteiger partial charge in [-0.3, -0.25) is 9.59 Å². The summed E-state index contributed by atoms with van der Waals surface area (Å²) < 4.78 is 12.1. The molecular weight excluding hydrogens is 602 g/mol. The third-order valence-electron chi connectivity index (χ3n) is 4.53. The van der Waals surface area contributed by atoms with Crippen LogP contribution in [0, 0.1) is 11.3 Å². The van der Waals surface area contributed by atoms with Crippen LogP contribution in [0.2, 0.25) is 5.02 Å². The molecule has 0 atom stereocenters. The van der Waals surface area contributed by atoms with E-state index < -0.39 is 11.8 Å². The lowest BCUT2D eigenvalue weighted by atomic mass is 10.1. The fraction of sp³-hybridized carbons (Fsp3) is 0.0800. The third-order valence-corrected chi connectivity index (χ3v) is 5.82. The number of rotatable bonds is 8. The van der Waals surface area contributed by atoms with Gasteiger partial charge in [0.15, 0.2) is 6.61 Å². The van der Waals surface area contributed by atoms with Crippen LogP contribution in [-0.2, 0) is 9.59 Å². The predicted molar refractivity (Wildman–Crippen MR) is 143 cm³/mol. The molecule has 2 amide bonds. The molecule has 0 aromatic heterocycles. The Labute approximate surface area is 223 Å². The van der Waals surface area contributed by atoms with E-state index in [1.807, 2.05) is 6.07 Å². The smallest absolute Gasteiger partial charge is 0.266 e. The van der Waals surface area contributed by atoms with E-state index in [1.54, 1.807) is 67.8 Å². The van der Waals surface area contributed by atoms with Gasteiger partial charge in [0.2, 0.25) is 0 Å². The first-order valence-electron chi connectivity index (χ1n) is 10.0. The van der Waals surface area contributed by atoms with Crippen LogP contribution in [0.4, 0.5) is 11.4 Å². The molecule has 3 rings (SSSR count). The fourth-order valence-corrected chi connectivity index (χ4v) is 4.38. The lowest BCUT2D eigenvalue weighted by molar-refractivity contribution is -0.118. The van der Waals surface area contributed by atoms with Gasteiger partial charge in [-0.2, -0.15) is 5.26 Å². The van der Waals surface area contributed by atoms with Crippen LogP contribution in [-0.4, -0.2) is 25.5 Å². The highest BCUT2D eigenvalue weighted by Crippen LogP contribution is 2.34. The zero-order chi connectivity index (χ0) is 25.4. The predicted octanol–water partition coefficient (Wildman–Crippen LogP) is 6.44. The number of carbonyl (C=O) groups excluding carboxylic acids is 2. The van der Waals surface area contributed by atoms with Crippen molar-refractivity contribution >= 4 is 72.7 Å². The molecule has 7 nitrogen and oxygen atoms in total. The number of nitrogens with zero attached hydrogens (tertiary/aromatic N) is 1. The van der Waals surface area contributed by atoms with Gasteiger partial charge < -0.3 is 20.1 Å². The topological polar surface area (TPSA) is 100 Å². The number of nitrogens with one attached hydrogen (secondary N) is 2.